The van der Waals surface area contributed by atoms with E-state index in [4.69, 9.17) is 5.73 Å². The highest BCUT2D eigenvalue weighted by Gasteiger charge is 2.28. The minimum absolute atomic E-state index is 0.249. The maximum absolute atomic E-state index is 11.7. The van der Waals surface area contributed by atoms with Crippen molar-refractivity contribution in [3.05, 3.63) is 21.4 Å². The van der Waals surface area contributed by atoms with Gasteiger partial charge in [-0.05, 0) is 37.9 Å². The number of hydrogen-bond donors (Lipinski definition) is 1. The molecule has 1 aromatic heterocycles. The summed E-state index contributed by atoms with van der Waals surface area (Å²) in [4.78, 5) is 16.3. The van der Waals surface area contributed by atoms with Crippen LogP contribution < -0.4 is 5.73 Å². The molecule has 4 heteroatoms. The van der Waals surface area contributed by atoms with Crippen LogP contribution >= 0.6 is 11.3 Å². The SMILES string of the molecule is Cc1cc(CN2CC(CN)CC2=O)sc1C. The van der Waals surface area contributed by atoms with E-state index in [1.54, 1.807) is 11.3 Å². The van der Waals surface area contributed by atoms with Crippen LogP contribution in [0.3, 0.4) is 0 Å². The largest absolute Gasteiger partial charge is 0.337 e. The maximum Gasteiger partial charge on any atom is 0.223 e. The lowest BCUT2D eigenvalue weighted by atomic mass is 10.1. The van der Waals surface area contributed by atoms with E-state index in [0.717, 1.165) is 13.1 Å². The highest BCUT2D eigenvalue weighted by atomic mass is 32.1. The van der Waals surface area contributed by atoms with Crippen LogP contribution in [0, 0.1) is 19.8 Å². The van der Waals surface area contributed by atoms with Gasteiger partial charge in [-0.15, -0.1) is 11.3 Å². The Morgan fingerprint density at radius 3 is 2.81 bits per heavy atom. The van der Waals surface area contributed by atoms with Gasteiger partial charge in [0.25, 0.3) is 0 Å². The van der Waals surface area contributed by atoms with Crippen LogP contribution in [0.1, 0.15) is 21.7 Å². The van der Waals surface area contributed by atoms with Crippen molar-refractivity contribution in [3.63, 3.8) is 0 Å². The van der Waals surface area contributed by atoms with Gasteiger partial charge in [0, 0.05) is 22.7 Å². The van der Waals surface area contributed by atoms with E-state index in [1.165, 1.54) is 15.3 Å². The molecular formula is C12H18N2OS. The normalized spacial score (nSPS) is 20.8. The Kier molecular flexibility index (Phi) is 3.30. The number of carbonyl (C=O) groups is 1. The molecule has 2 heterocycles. The van der Waals surface area contributed by atoms with Gasteiger partial charge in [0.05, 0.1) is 6.54 Å². The molecule has 1 saturated heterocycles. The third-order valence-corrected chi connectivity index (χ3v) is 4.33. The van der Waals surface area contributed by atoms with Gasteiger partial charge in [-0.3, -0.25) is 4.79 Å². The van der Waals surface area contributed by atoms with Gasteiger partial charge in [-0.2, -0.15) is 0 Å². The van der Waals surface area contributed by atoms with Crippen LogP contribution in [0.25, 0.3) is 0 Å². The van der Waals surface area contributed by atoms with Gasteiger partial charge in [-0.25, -0.2) is 0 Å². The van der Waals surface area contributed by atoms with Gasteiger partial charge in [0.1, 0.15) is 0 Å². The molecule has 0 radical (unpaired) electrons. The zero-order valence-electron chi connectivity index (χ0n) is 9.82. The first-order valence-electron chi connectivity index (χ1n) is 5.64. The van der Waals surface area contributed by atoms with Crippen LogP contribution in [0.15, 0.2) is 6.07 Å². The van der Waals surface area contributed by atoms with E-state index in [9.17, 15) is 4.79 Å². The summed E-state index contributed by atoms with van der Waals surface area (Å²) in [5, 5.41) is 0. The van der Waals surface area contributed by atoms with Gasteiger partial charge in [0.2, 0.25) is 5.91 Å². The van der Waals surface area contributed by atoms with E-state index in [1.807, 2.05) is 4.90 Å². The smallest absolute Gasteiger partial charge is 0.223 e. The average molecular weight is 238 g/mol. The van der Waals surface area contributed by atoms with Crippen molar-refractivity contribution in [1.82, 2.24) is 4.90 Å². The minimum atomic E-state index is 0.249. The van der Waals surface area contributed by atoms with Crippen molar-refractivity contribution in [2.45, 2.75) is 26.8 Å². The number of thiophene rings is 1. The summed E-state index contributed by atoms with van der Waals surface area (Å²) in [6.07, 6.45) is 0.625. The van der Waals surface area contributed by atoms with Crippen molar-refractivity contribution in [2.24, 2.45) is 11.7 Å². The number of nitrogens with two attached hydrogens (primary N) is 1. The lowest BCUT2D eigenvalue weighted by Crippen LogP contribution is -2.25. The van der Waals surface area contributed by atoms with Crippen LogP contribution in [-0.2, 0) is 11.3 Å². The van der Waals surface area contributed by atoms with Crippen LogP contribution in [0.5, 0.6) is 0 Å². The predicted octanol–water partition coefficient (Wildman–Crippen LogP) is 1.67. The lowest BCUT2D eigenvalue weighted by molar-refractivity contribution is -0.128. The molecule has 1 amide bonds. The predicted molar refractivity (Wildman–Crippen MR) is 66.4 cm³/mol. The summed E-state index contributed by atoms with van der Waals surface area (Å²) in [6, 6.07) is 2.18. The number of hydrogen-bond acceptors (Lipinski definition) is 3. The maximum atomic E-state index is 11.7. The highest BCUT2D eigenvalue weighted by molar-refractivity contribution is 7.12. The number of amides is 1. The summed E-state index contributed by atoms with van der Waals surface area (Å²) in [7, 11) is 0. The molecule has 1 aliphatic rings. The molecule has 0 aliphatic carbocycles. The molecule has 0 spiro atoms. The second kappa shape index (κ2) is 4.55. The molecule has 0 saturated carbocycles. The van der Waals surface area contributed by atoms with Crippen LogP contribution in [0.4, 0.5) is 0 Å². The molecule has 0 bridgehead atoms. The zero-order chi connectivity index (χ0) is 11.7. The quantitative estimate of drug-likeness (QED) is 0.870. The van der Waals surface area contributed by atoms with Crippen LogP contribution in [0.2, 0.25) is 0 Å². The number of aryl methyl sites for hydroxylation is 2. The third kappa shape index (κ3) is 2.28. The third-order valence-electron chi connectivity index (χ3n) is 3.19. The second-order valence-corrected chi connectivity index (χ2v) is 5.87. The van der Waals surface area contributed by atoms with Crippen molar-refractivity contribution in [3.8, 4) is 0 Å². The Morgan fingerprint density at radius 1 is 1.56 bits per heavy atom. The minimum Gasteiger partial charge on any atom is -0.337 e. The summed E-state index contributed by atoms with van der Waals surface area (Å²) in [6.45, 7) is 6.44. The summed E-state index contributed by atoms with van der Waals surface area (Å²) in [5.41, 5.74) is 6.92. The van der Waals surface area contributed by atoms with Crippen molar-refractivity contribution < 1.29 is 4.79 Å². The molecule has 1 fully saturated rings. The average Bonchev–Trinajstić information content (AvgIpc) is 2.73. The Labute approximate surface area is 100 Å². The first-order chi connectivity index (χ1) is 7.60. The fraction of sp³-hybridized carbons (Fsp3) is 0.583. The van der Waals surface area contributed by atoms with Crippen molar-refractivity contribution in [1.29, 1.82) is 0 Å². The lowest BCUT2D eigenvalue weighted by Gasteiger charge is -2.14. The molecule has 2 rings (SSSR count). The standard InChI is InChI=1S/C12H18N2OS/c1-8-3-11(16-9(8)2)7-14-6-10(5-13)4-12(14)15/h3,10H,4-7,13H2,1-2H3. The Hall–Kier alpha value is -0.870. The summed E-state index contributed by atoms with van der Waals surface area (Å²) < 4.78 is 0. The molecule has 1 atom stereocenters. The highest BCUT2D eigenvalue weighted by Crippen LogP contribution is 2.25. The molecule has 1 aromatic rings. The first kappa shape index (κ1) is 11.6. The monoisotopic (exact) mass is 238 g/mol. The first-order valence-corrected chi connectivity index (χ1v) is 6.45. The van der Waals surface area contributed by atoms with Crippen molar-refractivity contribution in [2.75, 3.05) is 13.1 Å². The van der Waals surface area contributed by atoms with Crippen molar-refractivity contribution >= 4 is 17.2 Å². The van der Waals surface area contributed by atoms with E-state index in [2.05, 4.69) is 19.9 Å². The number of carbonyl (C=O) groups excluding carboxylic acids is 1. The van der Waals surface area contributed by atoms with E-state index < -0.39 is 0 Å². The van der Waals surface area contributed by atoms with Gasteiger partial charge in [0.15, 0.2) is 0 Å². The molecule has 88 valence electrons. The van der Waals surface area contributed by atoms with Gasteiger partial charge >= 0.3 is 0 Å². The molecule has 16 heavy (non-hydrogen) atoms. The molecule has 2 N–H and O–H groups in total. The summed E-state index contributed by atoms with van der Waals surface area (Å²) in [5.74, 6) is 0.605. The van der Waals surface area contributed by atoms with E-state index in [-0.39, 0.29) is 5.91 Å². The molecule has 1 unspecified atom stereocenters. The van der Waals surface area contributed by atoms with E-state index in [0.29, 0.717) is 18.9 Å². The summed E-state index contributed by atoms with van der Waals surface area (Å²) >= 11 is 1.79. The fourth-order valence-electron chi connectivity index (χ4n) is 2.08. The molecule has 3 nitrogen and oxygen atoms in total. The van der Waals surface area contributed by atoms with Gasteiger partial charge in [-0.1, -0.05) is 0 Å². The topological polar surface area (TPSA) is 46.3 Å². The molecular weight excluding hydrogens is 220 g/mol. The Morgan fingerprint density at radius 2 is 2.31 bits per heavy atom. The van der Waals surface area contributed by atoms with E-state index >= 15 is 0 Å². The molecule has 0 aromatic carbocycles. The number of nitrogens with zero attached hydrogens (tertiary/aromatic N) is 1. The fourth-order valence-corrected chi connectivity index (χ4v) is 3.15. The second-order valence-electron chi connectivity index (χ2n) is 4.53. The molecule has 1 aliphatic heterocycles. The number of rotatable bonds is 3. The number of likely N-dealkylation sites (tertiary alicyclic amines) is 1. The van der Waals surface area contributed by atoms with Gasteiger partial charge < -0.3 is 10.6 Å². The Bertz CT molecular complexity index is 380. The zero-order valence-corrected chi connectivity index (χ0v) is 10.6. The Balaban J connectivity index is 2.02. The van der Waals surface area contributed by atoms with Crippen LogP contribution in [-0.4, -0.2) is 23.9 Å².